The lowest BCUT2D eigenvalue weighted by Gasteiger charge is -2.20. The number of anilines is 2. The number of benzene rings is 2. The summed E-state index contributed by atoms with van der Waals surface area (Å²) >= 11 is 0. The molecule has 1 aromatic heterocycles. The van der Waals surface area contributed by atoms with E-state index in [2.05, 4.69) is 10.3 Å². The number of methoxy groups -OCH3 is 1. The van der Waals surface area contributed by atoms with Crippen LogP contribution in [0.1, 0.15) is 17.5 Å². The minimum absolute atomic E-state index is 0.0429. The molecule has 2 heterocycles. The molecule has 0 saturated heterocycles. The van der Waals surface area contributed by atoms with Crippen LogP contribution in [0.2, 0.25) is 0 Å². The van der Waals surface area contributed by atoms with Gasteiger partial charge in [-0.2, -0.15) is 0 Å². The summed E-state index contributed by atoms with van der Waals surface area (Å²) in [6.07, 6.45) is 1.63. The minimum atomic E-state index is -0.305. The maximum absolute atomic E-state index is 13.2. The zero-order chi connectivity index (χ0) is 21.8. The van der Waals surface area contributed by atoms with E-state index in [0.717, 1.165) is 11.1 Å². The Balaban J connectivity index is 1.62. The molecular weight excluding hydrogens is 392 g/mol. The molecule has 0 spiro atoms. The van der Waals surface area contributed by atoms with Gasteiger partial charge in [0.2, 0.25) is 11.8 Å². The normalized spacial score (nSPS) is 13.2. The summed E-state index contributed by atoms with van der Waals surface area (Å²) in [6, 6.07) is 18.4. The first-order chi connectivity index (χ1) is 15.0. The van der Waals surface area contributed by atoms with Crippen molar-refractivity contribution in [3.63, 3.8) is 0 Å². The number of aromatic nitrogens is 1. The fraction of sp³-hybridized carbons (Fsp3) is 0.167. The fourth-order valence-corrected chi connectivity index (χ4v) is 3.42. The van der Waals surface area contributed by atoms with Crippen LogP contribution in [0.25, 0.3) is 0 Å². The molecule has 0 aliphatic carbocycles. The highest BCUT2D eigenvalue weighted by Gasteiger charge is 2.27. The van der Waals surface area contributed by atoms with Crippen LogP contribution in [0.4, 0.5) is 17.2 Å². The second-order valence-electron chi connectivity index (χ2n) is 7.21. The topological polar surface area (TPSA) is 83.9 Å². The first-order valence-electron chi connectivity index (χ1n) is 9.87. The van der Waals surface area contributed by atoms with E-state index in [0.29, 0.717) is 28.7 Å². The van der Waals surface area contributed by atoms with Crippen LogP contribution in [-0.2, 0) is 9.59 Å². The van der Waals surface area contributed by atoms with E-state index in [9.17, 15) is 9.59 Å². The van der Waals surface area contributed by atoms with Crippen LogP contribution in [0.3, 0.4) is 0 Å². The van der Waals surface area contributed by atoms with Gasteiger partial charge in [-0.25, -0.2) is 9.98 Å². The highest BCUT2D eigenvalue weighted by molar-refractivity contribution is 6.18. The number of hydrogen-bond acceptors (Lipinski definition) is 5. The summed E-state index contributed by atoms with van der Waals surface area (Å²) in [7, 11) is 1.59. The summed E-state index contributed by atoms with van der Waals surface area (Å²) in [4.78, 5) is 36.3. The highest BCUT2D eigenvalue weighted by Crippen LogP contribution is 2.31. The summed E-state index contributed by atoms with van der Waals surface area (Å²) in [5.74, 6) is 0.487. The van der Waals surface area contributed by atoms with Crippen molar-refractivity contribution < 1.29 is 14.3 Å². The lowest BCUT2D eigenvalue weighted by atomic mass is 10.1. The molecule has 7 nitrogen and oxygen atoms in total. The summed E-state index contributed by atoms with van der Waals surface area (Å²) in [5.41, 5.74) is 3.64. The largest absolute Gasteiger partial charge is 0.497 e. The standard InChI is InChI=1S/C24H22N4O3/c1-16-6-3-8-18(12-16)26-22(29)15-28-23(30)14-21(17-7-4-9-19(13-17)31-2)27-20-10-5-11-25-24(20)28/h3-13H,14-15H2,1-2H3,(H,26,29). The Kier molecular flexibility index (Phi) is 5.75. The molecule has 1 aliphatic heterocycles. The van der Waals surface area contributed by atoms with Gasteiger partial charge in [-0.15, -0.1) is 0 Å². The zero-order valence-corrected chi connectivity index (χ0v) is 17.3. The van der Waals surface area contributed by atoms with Gasteiger partial charge in [0, 0.05) is 17.4 Å². The summed E-state index contributed by atoms with van der Waals surface area (Å²) < 4.78 is 5.30. The monoisotopic (exact) mass is 414 g/mol. The Bertz CT molecular complexity index is 1170. The number of nitrogens with zero attached hydrogens (tertiary/aromatic N) is 3. The predicted octanol–water partition coefficient (Wildman–Crippen LogP) is 3.89. The lowest BCUT2D eigenvalue weighted by Crippen LogP contribution is -2.39. The number of amides is 2. The molecule has 156 valence electrons. The number of ether oxygens (including phenoxy) is 1. The summed E-state index contributed by atoms with van der Waals surface area (Å²) in [5, 5.41) is 2.85. The number of fused-ring (bicyclic) bond motifs is 1. The van der Waals surface area contributed by atoms with Gasteiger partial charge >= 0.3 is 0 Å². The maximum Gasteiger partial charge on any atom is 0.244 e. The molecule has 1 N–H and O–H groups in total. The van der Waals surface area contributed by atoms with Gasteiger partial charge < -0.3 is 10.1 Å². The van der Waals surface area contributed by atoms with E-state index in [1.807, 2.05) is 55.5 Å². The maximum atomic E-state index is 13.2. The molecule has 7 heteroatoms. The quantitative estimate of drug-likeness (QED) is 0.686. The van der Waals surface area contributed by atoms with Crippen molar-refractivity contribution in [1.29, 1.82) is 0 Å². The van der Waals surface area contributed by atoms with E-state index in [-0.39, 0.29) is 24.8 Å². The van der Waals surface area contributed by atoms with Gasteiger partial charge in [0.15, 0.2) is 5.82 Å². The highest BCUT2D eigenvalue weighted by atomic mass is 16.5. The van der Waals surface area contributed by atoms with Crippen LogP contribution < -0.4 is 15.0 Å². The van der Waals surface area contributed by atoms with Crippen LogP contribution in [0.5, 0.6) is 5.75 Å². The number of nitrogens with one attached hydrogen (secondary N) is 1. The molecule has 0 radical (unpaired) electrons. The van der Waals surface area contributed by atoms with E-state index < -0.39 is 0 Å². The second kappa shape index (κ2) is 8.79. The molecule has 2 aromatic carbocycles. The molecular formula is C24H22N4O3. The Labute approximate surface area is 180 Å². The Hall–Kier alpha value is -4.00. The average molecular weight is 414 g/mol. The van der Waals surface area contributed by atoms with E-state index in [1.54, 1.807) is 25.4 Å². The molecule has 0 atom stereocenters. The Morgan fingerprint density at radius 1 is 1.13 bits per heavy atom. The number of rotatable bonds is 5. The van der Waals surface area contributed by atoms with E-state index >= 15 is 0 Å². The van der Waals surface area contributed by atoms with Gasteiger partial charge in [0.1, 0.15) is 18.0 Å². The zero-order valence-electron chi connectivity index (χ0n) is 17.3. The fourth-order valence-electron chi connectivity index (χ4n) is 3.42. The number of pyridine rings is 1. The van der Waals surface area contributed by atoms with Gasteiger partial charge in [-0.1, -0.05) is 24.3 Å². The molecule has 3 aromatic rings. The third kappa shape index (κ3) is 4.61. The summed E-state index contributed by atoms with van der Waals surface area (Å²) in [6.45, 7) is 1.79. The molecule has 2 amide bonds. The van der Waals surface area contributed by atoms with Crippen molar-refractivity contribution in [2.45, 2.75) is 13.3 Å². The van der Waals surface area contributed by atoms with Gasteiger partial charge in [-0.3, -0.25) is 14.5 Å². The molecule has 0 unspecified atom stereocenters. The Morgan fingerprint density at radius 2 is 1.97 bits per heavy atom. The molecule has 0 fully saturated rings. The minimum Gasteiger partial charge on any atom is -0.497 e. The lowest BCUT2D eigenvalue weighted by molar-refractivity contribution is -0.120. The molecule has 1 aliphatic rings. The van der Waals surface area contributed by atoms with Gasteiger partial charge in [-0.05, 0) is 48.9 Å². The van der Waals surface area contributed by atoms with Crippen molar-refractivity contribution in [2.24, 2.45) is 4.99 Å². The third-order valence-electron chi connectivity index (χ3n) is 4.90. The van der Waals surface area contributed by atoms with Gasteiger partial charge in [0.05, 0.1) is 19.2 Å². The first kappa shape index (κ1) is 20.3. The number of aliphatic imine (C=N–C) groups is 1. The average Bonchev–Trinajstić information content (AvgIpc) is 2.90. The van der Waals surface area contributed by atoms with Crippen molar-refractivity contribution in [3.8, 4) is 5.75 Å². The number of carbonyl (C=O) groups is 2. The SMILES string of the molecule is COc1cccc(C2=Nc3cccnc3N(CC(=O)Nc3cccc(C)c3)C(=O)C2)c1. The number of aryl methyl sites for hydroxylation is 1. The van der Waals surface area contributed by atoms with E-state index in [1.165, 1.54) is 4.90 Å². The molecule has 31 heavy (non-hydrogen) atoms. The van der Waals surface area contributed by atoms with Crippen molar-refractivity contribution in [3.05, 3.63) is 78.0 Å². The van der Waals surface area contributed by atoms with Crippen LogP contribution in [0.15, 0.2) is 71.9 Å². The van der Waals surface area contributed by atoms with Crippen molar-refractivity contribution >= 4 is 34.7 Å². The molecule has 4 rings (SSSR count). The Morgan fingerprint density at radius 3 is 2.77 bits per heavy atom. The smallest absolute Gasteiger partial charge is 0.244 e. The van der Waals surface area contributed by atoms with Crippen LogP contribution in [0, 0.1) is 6.92 Å². The third-order valence-corrected chi connectivity index (χ3v) is 4.90. The molecule has 0 bridgehead atoms. The number of carbonyl (C=O) groups excluding carboxylic acids is 2. The van der Waals surface area contributed by atoms with Crippen molar-refractivity contribution in [2.75, 3.05) is 23.9 Å². The van der Waals surface area contributed by atoms with E-state index in [4.69, 9.17) is 9.73 Å². The van der Waals surface area contributed by atoms with Crippen LogP contribution >= 0.6 is 0 Å². The van der Waals surface area contributed by atoms with Crippen molar-refractivity contribution in [1.82, 2.24) is 4.98 Å². The van der Waals surface area contributed by atoms with Crippen LogP contribution in [-0.4, -0.2) is 36.2 Å². The van der Waals surface area contributed by atoms with Gasteiger partial charge in [0.25, 0.3) is 0 Å². The molecule has 0 saturated carbocycles. The first-order valence-corrected chi connectivity index (χ1v) is 9.87. The second-order valence-corrected chi connectivity index (χ2v) is 7.21. The number of hydrogen-bond donors (Lipinski definition) is 1. The predicted molar refractivity (Wildman–Crippen MR) is 120 cm³/mol.